The SMILES string of the molecule is c1cc(OC2CCC2)ccc1CN1CC2(CCOC2)C1. The van der Waals surface area contributed by atoms with Gasteiger partial charge in [0.15, 0.2) is 0 Å². The Morgan fingerprint density at radius 3 is 2.60 bits per heavy atom. The molecule has 2 aliphatic heterocycles. The summed E-state index contributed by atoms with van der Waals surface area (Å²) in [4.78, 5) is 2.52. The third kappa shape index (κ3) is 2.45. The van der Waals surface area contributed by atoms with Crippen molar-refractivity contribution in [3.63, 3.8) is 0 Å². The largest absolute Gasteiger partial charge is 0.490 e. The van der Waals surface area contributed by atoms with Crippen molar-refractivity contribution in [1.29, 1.82) is 0 Å². The highest BCUT2D eigenvalue weighted by Gasteiger charge is 2.45. The lowest BCUT2D eigenvalue weighted by atomic mass is 9.79. The molecule has 3 aliphatic rings. The Kier molecular flexibility index (Phi) is 3.20. The van der Waals surface area contributed by atoms with Gasteiger partial charge in [-0.3, -0.25) is 4.90 Å². The van der Waals surface area contributed by atoms with Crippen LogP contribution in [0, 0.1) is 5.41 Å². The van der Waals surface area contributed by atoms with Crippen LogP contribution in [0.2, 0.25) is 0 Å². The third-order valence-electron chi connectivity index (χ3n) is 4.99. The van der Waals surface area contributed by atoms with E-state index in [9.17, 15) is 0 Å². The Balaban J connectivity index is 1.29. The number of hydrogen-bond acceptors (Lipinski definition) is 3. The van der Waals surface area contributed by atoms with Gasteiger partial charge in [0.25, 0.3) is 0 Å². The molecule has 0 radical (unpaired) electrons. The van der Waals surface area contributed by atoms with Crippen molar-refractivity contribution in [2.75, 3.05) is 26.3 Å². The van der Waals surface area contributed by atoms with Gasteiger partial charge in [0.1, 0.15) is 5.75 Å². The van der Waals surface area contributed by atoms with Gasteiger partial charge in [-0.1, -0.05) is 12.1 Å². The van der Waals surface area contributed by atoms with E-state index in [0.29, 0.717) is 11.5 Å². The molecule has 1 aromatic rings. The van der Waals surface area contributed by atoms with E-state index in [2.05, 4.69) is 29.2 Å². The molecule has 2 heterocycles. The zero-order valence-corrected chi connectivity index (χ0v) is 12.0. The molecule has 0 unspecified atom stereocenters. The topological polar surface area (TPSA) is 21.7 Å². The first-order valence-electron chi connectivity index (χ1n) is 7.87. The zero-order chi connectivity index (χ0) is 13.4. The van der Waals surface area contributed by atoms with Gasteiger partial charge in [0.05, 0.1) is 12.7 Å². The summed E-state index contributed by atoms with van der Waals surface area (Å²) in [5, 5.41) is 0. The molecule has 0 N–H and O–H groups in total. The van der Waals surface area contributed by atoms with E-state index >= 15 is 0 Å². The average molecular weight is 273 g/mol. The summed E-state index contributed by atoms with van der Waals surface area (Å²) in [6.07, 6.45) is 5.48. The maximum absolute atomic E-state index is 5.90. The number of rotatable bonds is 4. The Bertz CT molecular complexity index is 452. The van der Waals surface area contributed by atoms with Crippen LogP contribution in [0.5, 0.6) is 5.75 Å². The van der Waals surface area contributed by atoms with Gasteiger partial charge in [0.2, 0.25) is 0 Å². The second-order valence-corrected chi connectivity index (χ2v) is 6.76. The van der Waals surface area contributed by atoms with E-state index in [1.54, 1.807) is 0 Å². The maximum atomic E-state index is 5.90. The minimum Gasteiger partial charge on any atom is -0.490 e. The summed E-state index contributed by atoms with van der Waals surface area (Å²) in [6.45, 7) is 5.39. The lowest BCUT2D eigenvalue weighted by Crippen LogP contribution is -2.55. The normalized spacial score (nSPS) is 25.4. The van der Waals surface area contributed by atoms with Crippen molar-refractivity contribution in [3.05, 3.63) is 29.8 Å². The van der Waals surface area contributed by atoms with Crippen LogP contribution >= 0.6 is 0 Å². The average Bonchev–Trinajstić information content (AvgIpc) is 2.85. The lowest BCUT2D eigenvalue weighted by molar-refractivity contribution is -0.0123. The molecule has 108 valence electrons. The second kappa shape index (κ2) is 5.05. The molecular weight excluding hydrogens is 250 g/mol. The van der Waals surface area contributed by atoms with E-state index in [1.165, 1.54) is 44.3 Å². The van der Waals surface area contributed by atoms with Crippen LogP contribution in [0.25, 0.3) is 0 Å². The minimum absolute atomic E-state index is 0.471. The van der Waals surface area contributed by atoms with Gasteiger partial charge < -0.3 is 9.47 Å². The highest BCUT2D eigenvalue weighted by Crippen LogP contribution is 2.38. The fraction of sp³-hybridized carbons (Fsp3) is 0.647. The summed E-state index contributed by atoms with van der Waals surface area (Å²) in [5.74, 6) is 1.03. The van der Waals surface area contributed by atoms with Gasteiger partial charge in [0, 0.05) is 31.7 Å². The fourth-order valence-electron chi connectivity index (χ4n) is 3.53. The van der Waals surface area contributed by atoms with Crippen molar-refractivity contribution >= 4 is 0 Å². The molecule has 1 aromatic carbocycles. The molecule has 3 heteroatoms. The molecule has 1 saturated carbocycles. The maximum Gasteiger partial charge on any atom is 0.119 e. The summed E-state index contributed by atoms with van der Waals surface area (Å²) in [5.41, 5.74) is 1.88. The van der Waals surface area contributed by atoms with Crippen molar-refractivity contribution in [2.24, 2.45) is 5.41 Å². The highest BCUT2D eigenvalue weighted by molar-refractivity contribution is 5.28. The van der Waals surface area contributed by atoms with Crippen LogP contribution < -0.4 is 4.74 Å². The molecule has 1 aliphatic carbocycles. The summed E-state index contributed by atoms with van der Waals surface area (Å²) < 4.78 is 11.4. The van der Waals surface area contributed by atoms with E-state index in [4.69, 9.17) is 9.47 Å². The quantitative estimate of drug-likeness (QED) is 0.842. The Labute approximate surface area is 120 Å². The van der Waals surface area contributed by atoms with Gasteiger partial charge >= 0.3 is 0 Å². The highest BCUT2D eigenvalue weighted by atomic mass is 16.5. The minimum atomic E-state index is 0.471. The van der Waals surface area contributed by atoms with Crippen LogP contribution in [-0.4, -0.2) is 37.3 Å². The van der Waals surface area contributed by atoms with Crippen molar-refractivity contribution < 1.29 is 9.47 Å². The predicted molar refractivity (Wildman–Crippen MR) is 77.9 cm³/mol. The van der Waals surface area contributed by atoms with E-state index in [0.717, 1.165) is 25.5 Å². The molecule has 0 atom stereocenters. The molecular formula is C17H23NO2. The van der Waals surface area contributed by atoms with E-state index in [-0.39, 0.29) is 0 Å². The molecule has 0 bridgehead atoms. The second-order valence-electron chi connectivity index (χ2n) is 6.76. The molecule has 0 aromatic heterocycles. The van der Waals surface area contributed by atoms with Crippen LogP contribution in [0.3, 0.4) is 0 Å². The monoisotopic (exact) mass is 273 g/mol. The zero-order valence-electron chi connectivity index (χ0n) is 12.0. The van der Waals surface area contributed by atoms with Crippen LogP contribution in [-0.2, 0) is 11.3 Å². The van der Waals surface area contributed by atoms with Crippen LogP contribution in [0.4, 0.5) is 0 Å². The number of ether oxygens (including phenoxy) is 2. The molecule has 0 amide bonds. The smallest absolute Gasteiger partial charge is 0.119 e. The van der Waals surface area contributed by atoms with Crippen molar-refractivity contribution in [3.8, 4) is 5.75 Å². The molecule has 3 nitrogen and oxygen atoms in total. The standard InChI is InChI=1S/C17H23NO2/c1-2-15(3-1)20-16-6-4-14(5-7-16)10-18-11-17(12-18)8-9-19-13-17/h4-7,15H,1-3,8-13H2. The van der Waals surface area contributed by atoms with E-state index < -0.39 is 0 Å². The first kappa shape index (κ1) is 12.7. The Morgan fingerprint density at radius 2 is 2.00 bits per heavy atom. The van der Waals surface area contributed by atoms with E-state index in [1.807, 2.05) is 0 Å². The van der Waals surface area contributed by atoms with Crippen molar-refractivity contribution in [2.45, 2.75) is 38.3 Å². The summed E-state index contributed by atoms with van der Waals surface area (Å²) in [6, 6.07) is 8.68. The Hall–Kier alpha value is -1.06. The predicted octanol–water partition coefficient (Wildman–Crippen LogP) is 2.84. The fourth-order valence-corrected chi connectivity index (χ4v) is 3.53. The molecule has 1 spiro atoms. The van der Waals surface area contributed by atoms with Gasteiger partial charge in [-0.2, -0.15) is 0 Å². The molecule has 20 heavy (non-hydrogen) atoms. The van der Waals surface area contributed by atoms with Gasteiger partial charge in [-0.15, -0.1) is 0 Å². The Morgan fingerprint density at radius 1 is 1.20 bits per heavy atom. The summed E-state index contributed by atoms with van der Waals surface area (Å²) >= 11 is 0. The number of hydrogen-bond donors (Lipinski definition) is 0. The first-order valence-corrected chi connectivity index (χ1v) is 7.87. The lowest BCUT2D eigenvalue weighted by Gasteiger charge is -2.47. The number of nitrogens with zero attached hydrogens (tertiary/aromatic N) is 1. The number of likely N-dealkylation sites (tertiary alicyclic amines) is 1. The van der Waals surface area contributed by atoms with Gasteiger partial charge in [-0.25, -0.2) is 0 Å². The van der Waals surface area contributed by atoms with Crippen LogP contribution in [0.1, 0.15) is 31.2 Å². The molecule has 2 saturated heterocycles. The third-order valence-corrected chi connectivity index (χ3v) is 4.99. The molecule has 4 rings (SSSR count). The summed E-state index contributed by atoms with van der Waals surface area (Å²) in [7, 11) is 0. The molecule has 3 fully saturated rings. The number of benzene rings is 1. The van der Waals surface area contributed by atoms with Crippen LogP contribution in [0.15, 0.2) is 24.3 Å². The van der Waals surface area contributed by atoms with Crippen molar-refractivity contribution in [1.82, 2.24) is 4.90 Å². The first-order chi connectivity index (χ1) is 9.81. The van der Waals surface area contributed by atoms with Gasteiger partial charge in [-0.05, 0) is 43.4 Å².